The maximum absolute atomic E-state index is 14.0. The molecule has 0 unspecified atom stereocenters. The minimum atomic E-state index is -0.919. The van der Waals surface area contributed by atoms with Gasteiger partial charge in [-0.15, -0.1) is 0 Å². The average Bonchev–Trinajstić information content (AvgIpc) is 2.83. The summed E-state index contributed by atoms with van der Waals surface area (Å²) in [5.41, 5.74) is 1.21. The lowest BCUT2D eigenvalue weighted by Gasteiger charge is -2.21. The van der Waals surface area contributed by atoms with Gasteiger partial charge in [-0.1, -0.05) is 30.3 Å². The van der Waals surface area contributed by atoms with Crippen molar-refractivity contribution in [2.75, 3.05) is 10.2 Å². The van der Waals surface area contributed by atoms with Crippen molar-refractivity contribution < 1.29 is 18.3 Å². The van der Waals surface area contributed by atoms with Crippen LogP contribution in [0.15, 0.2) is 91.1 Å². The Morgan fingerprint density at radius 1 is 0.875 bits per heavy atom. The number of ether oxygens (including phenoxy) is 1. The first-order valence-electron chi connectivity index (χ1n) is 9.85. The summed E-state index contributed by atoms with van der Waals surface area (Å²) in [5, 5.41) is 2.98. The molecule has 0 saturated carbocycles. The van der Waals surface area contributed by atoms with E-state index in [-0.39, 0.29) is 12.1 Å². The van der Waals surface area contributed by atoms with Crippen LogP contribution >= 0.6 is 0 Å². The number of hydrogen-bond acceptors (Lipinski definition) is 4. The number of anilines is 3. The zero-order chi connectivity index (χ0) is 22.3. The highest BCUT2D eigenvalue weighted by Crippen LogP contribution is 2.31. The summed E-state index contributed by atoms with van der Waals surface area (Å²) in [6, 6.07) is 23.7. The van der Waals surface area contributed by atoms with Crippen molar-refractivity contribution in [3.8, 4) is 11.5 Å². The van der Waals surface area contributed by atoms with E-state index in [4.69, 9.17) is 4.74 Å². The van der Waals surface area contributed by atoms with Crippen molar-refractivity contribution in [3.63, 3.8) is 0 Å². The third kappa shape index (κ3) is 4.73. The van der Waals surface area contributed by atoms with E-state index >= 15 is 0 Å². The van der Waals surface area contributed by atoms with Gasteiger partial charge in [0.2, 0.25) is 6.41 Å². The molecule has 0 aliphatic heterocycles. The predicted octanol–water partition coefficient (Wildman–Crippen LogP) is 6.06. The van der Waals surface area contributed by atoms with E-state index in [2.05, 4.69) is 10.3 Å². The molecule has 0 saturated heterocycles. The van der Waals surface area contributed by atoms with Crippen LogP contribution in [0.25, 0.3) is 0 Å². The Balaban J connectivity index is 1.54. The molecule has 0 atom stereocenters. The number of aromatic nitrogens is 1. The van der Waals surface area contributed by atoms with E-state index in [1.165, 1.54) is 17.0 Å². The monoisotopic (exact) mass is 431 g/mol. The summed E-state index contributed by atoms with van der Waals surface area (Å²) in [4.78, 5) is 17.6. The highest BCUT2D eigenvalue weighted by molar-refractivity contribution is 5.90. The number of nitrogens with one attached hydrogen (secondary N) is 1. The Morgan fingerprint density at radius 3 is 2.38 bits per heavy atom. The molecule has 0 bridgehead atoms. The first-order valence-corrected chi connectivity index (χ1v) is 9.85. The lowest BCUT2D eigenvalue weighted by atomic mass is 10.2. The number of rotatable bonds is 8. The van der Waals surface area contributed by atoms with Gasteiger partial charge in [-0.3, -0.25) is 9.69 Å². The predicted molar refractivity (Wildman–Crippen MR) is 119 cm³/mol. The molecule has 0 spiro atoms. The van der Waals surface area contributed by atoms with Crippen LogP contribution in [0.1, 0.15) is 5.56 Å². The van der Waals surface area contributed by atoms with E-state index in [0.29, 0.717) is 35.1 Å². The minimum Gasteiger partial charge on any atom is -0.457 e. The van der Waals surface area contributed by atoms with Gasteiger partial charge in [-0.25, -0.2) is 13.8 Å². The molecular weight excluding hydrogens is 412 g/mol. The van der Waals surface area contributed by atoms with Crippen molar-refractivity contribution >= 4 is 23.6 Å². The fourth-order valence-electron chi connectivity index (χ4n) is 3.15. The summed E-state index contributed by atoms with van der Waals surface area (Å²) >= 11 is 0. The molecule has 4 rings (SSSR count). The molecule has 1 amide bonds. The second-order valence-electron chi connectivity index (χ2n) is 6.82. The van der Waals surface area contributed by atoms with Gasteiger partial charge in [0.05, 0.1) is 5.69 Å². The molecule has 1 aromatic heterocycles. The summed E-state index contributed by atoms with van der Waals surface area (Å²) in [6.07, 6.45) is 2.21. The van der Waals surface area contributed by atoms with Crippen molar-refractivity contribution in [1.82, 2.24) is 4.98 Å². The molecule has 4 aromatic rings. The standard InChI is InChI=1S/C25H19F2N3O2/c26-22-9-4-6-18(24(22)27)16-29-25-23(10-5-15-28-25)30(17-31)19-11-13-21(14-12-19)32-20-7-2-1-3-8-20/h1-15,17H,16H2,(H,28,29). The quantitative estimate of drug-likeness (QED) is 0.345. The number of halogens is 2. The van der Waals surface area contributed by atoms with E-state index < -0.39 is 11.6 Å². The van der Waals surface area contributed by atoms with Crippen LogP contribution in [-0.2, 0) is 11.3 Å². The fraction of sp³-hybridized carbons (Fsp3) is 0.0400. The van der Waals surface area contributed by atoms with E-state index in [1.807, 2.05) is 30.3 Å². The molecular formula is C25H19F2N3O2. The van der Waals surface area contributed by atoms with Crippen molar-refractivity contribution in [2.24, 2.45) is 0 Å². The smallest absolute Gasteiger partial charge is 0.218 e. The van der Waals surface area contributed by atoms with Gasteiger partial charge in [-0.05, 0) is 54.6 Å². The van der Waals surface area contributed by atoms with Gasteiger partial charge < -0.3 is 10.1 Å². The first kappa shape index (κ1) is 21.0. The van der Waals surface area contributed by atoms with E-state index in [0.717, 1.165) is 6.07 Å². The normalized spacial score (nSPS) is 10.4. The number of nitrogens with zero attached hydrogens (tertiary/aromatic N) is 2. The largest absolute Gasteiger partial charge is 0.457 e. The molecule has 0 aliphatic rings. The van der Waals surface area contributed by atoms with Crippen molar-refractivity contribution in [1.29, 1.82) is 0 Å². The van der Waals surface area contributed by atoms with E-state index in [1.54, 1.807) is 42.6 Å². The molecule has 5 nitrogen and oxygen atoms in total. The Morgan fingerprint density at radius 2 is 1.62 bits per heavy atom. The van der Waals surface area contributed by atoms with Gasteiger partial charge >= 0.3 is 0 Å². The summed E-state index contributed by atoms with van der Waals surface area (Å²) in [7, 11) is 0. The molecule has 0 radical (unpaired) electrons. The van der Waals surface area contributed by atoms with Crippen LogP contribution in [-0.4, -0.2) is 11.4 Å². The van der Waals surface area contributed by atoms with Crippen LogP contribution in [0.3, 0.4) is 0 Å². The Kier molecular flexibility index (Phi) is 6.36. The zero-order valence-electron chi connectivity index (χ0n) is 16.9. The molecule has 160 valence electrons. The van der Waals surface area contributed by atoms with Crippen LogP contribution in [0, 0.1) is 11.6 Å². The number of carbonyl (C=O) groups is 1. The van der Waals surface area contributed by atoms with Gasteiger partial charge in [0, 0.05) is 24.0 Å². The first-order chi connectivity index (χ1) is 15.7. The third-order valence-electron chi connectivity index (χ3n) is 4.72. The number of para-hydroxylation sites is 1. The molecule has 1 N–H and O–H groups in total. The molecule has 1 heterocycles. The van der Waals surface area contributed by atoms with Gasteiger partial charge in [0.1, 0.15) is 11.5 Å². The fourth-order valence-corrected chi connectivity index (χ4v) is 3.15. The summed E-state index contributed by atoms with van der Waals surface area (Å²) in [5.74, 6) is -0.155. The zero-order valence-corrected chi connectivity index (χ0v) is 16.9. The molecule has 7 heteroatoms. The van der Waals surface area contributed by atoms with Gasteiger partial charge in [-0.2, -0.15) is 0 Å². The number of pyridine rings is 1. The maximum Gasteiger partial charge on any atom is 0.218 e. The number of carbonyl (C=O) groups excluding carboxylic acids is 1. The van der Waals surface area contributed by atoms with Crippen LogP contribution in [0.2, 0.25) is 0 Å². The molecule has 32 heavy (non-hydrogen) atoms. The topological polar surface area (TPSA) is 54.5 Å². The Bertz CT molecular complexity index is 1200. The Labute approximate surface area is 183 Å². The lowest BCUT2D eigenvalue weighted by Crippen LogP contribution is -2.17. The van der Waals surface area contributed by atoms with E-state index in [9.17, 15) is 13.6 Å². The minimum absolute atomic E-state index is 0.00412. The molecule has 3 aromatic carbocycles. The second-order valence-corrected chi connectivity index (χ2v) is 6.82. The number of hydrogen-bond donors (Lipinski definition) is 1. The van der Waals surface area contributed by atoms with Crippen LogP contribution in [0.4, 0.5) is 26.0 Å². The highest BCUT2D eigenvalue weighted by atomic mass is 19.2. The Hall–Kier alpha value is -4.26. The summed E-state index contributed by atoms with van der Waals surface area (Å²) in [6.45, 7) is 0.00412. The van der Waals surface area contributed by atoms with Gasteiger partial charge in [0.15, 0.2) is 17.5 Å². The van der Waals surface area contributed by atoms with Crippen molar-refractivity contribution in [3.05, 3.63) is 108 Å². The summed E-state index contributed by atoms with van der Waals surface area (Å²) < 4.78 is 33.2. The highest BCUT2D eigenvalue weighted by Gasteiger charge is 2.15. The van der Waals surface area contributed by atoms with Crippen LogP contribution < -0.4 is 15.0 Å². The SMILES string of the molecule is O=CN(c1ccc(Oc2ccccc2)cc1)c1cccnc1NCc1cccc(F)c1F. The van der Waals surface area contributed by atoms with Gasteiger partial charge in [0.25, 0.3) is 0 Å². The van der Waals surface area contributed by atoms with Crippen LogP contribution in [0.5, 0.6) is 11.5 Å². The second kappa shape index (κ2) is 9.70. The lowest BCUT2D eigenvalue weighted by molar-refractivity contribution is -0.106. The maximum atomic E-state index is 14.0. The molecule has 0 aliphatic carbocycles. The number of benzene rings is 3. The molecule has 0 fully saturated rings. The average molecular weight is 431 g/mol. The third-order valence-corrected chi connectivity index (χ3v) is 4.72. The number of amides is 1. The van der Waals surface area contributed by atoms with Crippen molar-refractivity contribution in [2.45, 2.75) is 6.54 Å².